The number of nitrogens with one attached hydrogen (secondary N) is 2. The molecule has 2 N–H and O–H groups in total. The minimum atomic E-state index is -0.805. The third kappa shape index (κ3) is 4.52. The van der Waals surface area contributed by atoms with Gasteiger partial charge in [-0.05, 0) is 37.6 Å². The number of esters is 1. The maximum Gasteiger partial charge on any atom is 0.328 e. The van der Waals surface area contributed by atoms with Crippen LogP contribution in [-0.2, 0) is 20.7 Å². The monoisotopic (exact) mass is 380 g/mol. The van der Waals surface area contributed by atoms with Crippen LogP contribution in [0.2, 0.25) is 0 Å². The summed E-state index contributed by atoms with van der Waals surface area (Å²) in [6.45, 7) is 3.63. The van der Waals surface area contributed by atoms with Crippen LogP contribution in [0.1, 0.15) is 18.1 Å². The zero-order valence-electron chi connectivity index (χ0n) is 16.2. The van der Waals surface area contributed by atoms with Crippen molar-refractivity contribution in [2.24, 2.45) is 0 Å². The van der Waals surface area contributed by atoms with Gasteiger partial charge in [0.25, 0.3) is 5.91 Å². The van der Waals surface area contributed by atoms with Crippen LogP contribution in [0.25, 0.3) is 10.9 Å². The zero-order chi connectivity index (χ0) is 20.1. The maximum absolute atomic E-state index is 12.6. The number of aryl methyl sites for hydroxylation is 1. The van der Waals surface area contributed by atoms with E-state index < -0.39 is 18.1 Å². The number of H-pyrrole nitrogens is 1. The molecule has 1 heterocycles. The van der Waals surface area contributed by atoms with Crippen molar-refractivity contribution in [1.29, 1.82) is 0 Å². The van der Waals surface area contributed by atoms with E-state index in [1.54, 1.807) is 6.92 Å². The molecule has 0 aliphatic heterocycles. The standard InChI is InChI=1S/C22H24N2O4/c1-14-8-10-17(11-9-14)28-15(2)21(25)24-20(22(26)27-3)12-16-13-23-19-7-5-4-6-18(16)19/h4-11,13,15,20,23H,12H2,1-3H3,(H,24,25). The number of amides is 1. The summed E-state index contributed by atoms with van der Waals surface area (Å²) in [7, 11) is 1.31. The fourth-order valence-corrected chi connectivity index (χ4v) is 3.02. The predicted octanol–water partition coefficient (Wildman–Crippen LogP) is 3.14. The molecule has 3 aromatic rings. The number of para-hydroxylation sites is 1. The predicted molar refractivity (Wildman–Crippen MR) is 107 cm³/mol. The topological polar surface area (TPSA) is 80.4 Å². The van der Waals surface area contributed by atoms with Gasteiger partial charge in [-0.3, -0.25) is 4.79 Å². The Bertz CT molecular complexity index is 962. The van der Waals surface area contributed by atoms with Gasteiger partial charge in [0.2, 0.25) is 0 Å². The zero-order valence-corrected chi connectivity index (χ0v) is 16.2. The molecular weight excluding hydrogens is 356 g/mol. The van der Waals surface area contributed by atoms with Crippen molar-refractivity contribution in [2.75, 3.05) is 7.11 Å². The Labute approximate surface area is 163 Å². The van der Waals surface area contributed by atoms with E-state index in [0.717, 1.165) is 22.0 Å². The van der Waals surface area contributed by atoms with E-state index in [1.807, 2.05) is 61.7 Å². The van der Waals surface area contributed by atoms with E-state index in [1.165, 1.54) is 7.11 Å². The molecule has 146 valence electrons. The van der Waals surface area contributed by atoms with Crippen molar-refractivity contribution in [1.82, 2.24) is 10.3 Å². The van der Waals surface area contributed by atoms with Crippen LogP contribution in [0, 0.1) is 6.92 Å². The van der Waals surface area contributed by atoms with E-state index in [9.17, 15) is 9.59 Å². The lowest BCUT2D eigenvalue weighted by Crippen LogP contribution is -2.47. The molecule has 1 amide bonds. The van der Waals surface area contributed by atoms with Crippen molar-refractivity contribution in [3.05, 3.63) is 65.9 Å². The average Bonchev–Trinajstić information content (AvgIpc) is 3.11. The summed E-state index contributed by atoms with van der Waals surface area (Å²) in [6.07, 6.45) is 1.41. The van der Waals surface area contributed by atoms with Gasteiger partial charge in [0.1, 0.15) is 11.8 Å². The van der Waals surface area contributed by atoms with Crippen molar-refractivity contribution in [3.63, 3.8) is 0 Å². The van der Waals surface area contributed by atoms with Gasteiger partial charge in [-0.25, -0.2) is 4.79 Å². The Morgan fingerprint density at radius 2 is 1.82 bits per heavy atom. The molecule has 0 bridgehead atoms. The third-order valence-electron chi connectivity index (χ3n) is 4.60. The highest BCUT2D eigenvalue weighted by Gasteiger charge is 2.26. The Morgan fingerprint density at radius 1 is 1.11 bits per heavy atom. The fourth-order valence-electron chi connectivity index (χ4n) is 3.02. The minimum absolute atomic E-state index is 0.319. The lowest BCUT2D eigenvalue weighted by atomic mass is 10.0. The largest absolute Gasteiger partial charge is 0.481 e. The molecular formula is C22H24N2O4. The van der Waals surface area contributed by atoms with E-state index in [4.69, 9.17) is 9.47 Å². The quantitative estimate of drug-likeness (QED) is 0.617. The van der Waals surface area contributed by atoms with Gasteiger partial charge in [0.05, 0.1) is 7.11 Å². The number of carbonyl (C=O) groups excluding carboxylic acids is 2. The first-order chi connectivity index (χ1) is 13.5. The normalized spacial score (nSPS) is 13.0. The van der Waals surface area contributed by atoms with Crippen molar-refractivity contribution in [2.45, 2.75) is 32.4 Å². The summed E-state index contributed by atoms with van der Waals surface area (Å²) in [5, 5.41) is 3.76. The number of aromatic amines is 1. The lowest BCUT2D eigenvalue weighted by molar-refractivity contribution is -0.145. The summed E-state index contributed by atoms with van der Waals surface area (Å²) in [6, 6.07) is 14.4. The van der Waals surface area contributed by atoms with Gasteiger partial charge in [-0.15, -0.1) is 0 Å². The molecule has 2 aromatic carbocycles. The molecule has 0 aliphatic carbocycles. The van der Waals surface area contributed by atoms with Crippen molar-refractivity contribution < 1.29 is 19.1 Å². The van der Waals surface area contributed by atoms with Crippen LogP contribution in [0.3, 0.4) is 0 Å². The van der Waals surface area contributed by atoms with E-state index >= 15 is 0 Å². The van der Waals surface area contributed by atoms with Gasteiger partial charge in [-0.2, -0.15) is 0 Å². The average molecular weight is 380 g/mol. The fraction of sp³-hybridized carbons (Fsp3) is 0.273. The molecule has 6 heteroatoms. The van der Waals surface area contributed by atoms with Crippen LogP contribution < -0.4 is 10.1 Å². The molecule has 0 radical (unpaired) electrons. The minimum Gasteiger partial charge on any atom is -0.481 e. The highest BCUT2D eigenvalue weighted by Crippen LogP contribution is 2.19. The molecule has 2 unspecified atom stereocenters. The van der Waals surface area contributed by atoms with E-state index in [-0.39, 0.29) is 5.91 Å². The number of benzene rings is 2. The van der Waals surface area contributed by atoms with Crippen molar-refractivity contribution in [3.8, 4) is 5.75 Å². The summed E-state index contributed by atoms with van der Waals surface area (Å²) in [5.41, 5.74) is 3.01. The lowest BCUT2D eigenvalue weighted by Gasteiger charge is -2.20. The van der Waals surface area contributed by atoms with Gasteiger partial charge < -0.3 is 19.8 Å². The SMILES string of the molecule is COC(=O)C(Cc1c[nH]c2ccccc12)NC(=O)C(C)Oc1ccc(C)cc1. The smallest absolute Gasteiger partial charge is 0.328 e. The Balaban J connectivity index is 1.70. The molecule has 0 fully saturated rings. The third-order valence-corrected chi connectivity index (χ3v) is 4.60. The van der Waals surface area contributed by atoms with Crippen LogP contribution >= 0.6 is 0 Å². The van der Waals surface area contributed by atoms with Gasteiger partial charge in [0.15, 0.2) is 6.10 Å². The first kappa shape index (κ1) is 19.5. The number of methoxy groups -OCH3 is 1. The summed E-state index contributed by atoms with van der Waals surface area (Å²) in [4.78, 5) is 28.0. The number of hydrogen-bond donors (Lipinski definition) is 2. The Kier molecular flexibility index (Phi) is 5.99. The number of aromatic nitrogens is 1. The molecule has 0 spiro atoms. The molecule has 1 aromatic heterocycles. The number of hydrogen-bond acceptors (Lipinski definition) is 4. The molecule has 0 saturated heterocycles. The van der Waals surface area contributed by atoms with Crippen LogP contribution in [-0.4, -0.2) is 36.1 Å². The molecule has 6 nitrogen and oxygen atoms in total. The first-order valence-corrected chi connectivity index (χ1v) is 9.14. The Hall–Kier alpha value is -3.28. The number of rotatable bonds is 7. The van der Waals surface area contributed by atoms with Crippen LogP contribution in [0.15, 0.2) is 54.7 Å². The summed E-state index contributed by atoms with van der Waals surface area (Å²) in [5.74, 6) is -0.281. The second-order valence-electron chi connectivity index (χ2n) is 6.72. The highest BCUT2D eigenvalue weighted by atomic mass is 16.5. The maximum atomic E-state index is 12.6. The second kappa shape index (κ2) is 8.61. The van der Waals surface area contributed by atoms with E-state index in [2.05, 4.69) is 10.3 Å². The molecule has 3 rings (SSSR count). The van der Waals surface area contributed by atoms with Crippen LogP contribution in [0.4, 0.5) is 0 Å². The molecule has 2 atom stereocenters. The number of fused-ring (bicyclic) bond motifs is 1. The molecule has 0 aliphatic rings. The Morgan fingerprint density at radius 3 is 2.54 bits per heavy atom. The second-order valence-corrected chi connectivity index (χ2v) is 6.72. The molecule has 28 heavy (non-hydrogen) atoms. The van der Waals surface area contributed by atoms with Gasteiger partial charge in [0, 0.05) is 23.5 Å². The van der Waals surface area contributed by atoms with E-state index in [0.29, 0.717) is 12.2 Å². The number of carbonyl (C=O) groups is 2. The first-order valence-electron chi connectivity index (χ1n) is 9.14. The van der Waals surface area contributed by atoms with Crippen molar-refractivity contribution >= 4 is 22.8 Å². The van der Waals surface area contributed by atoms with Crippen LogP contribution in [0.5, 0.6) is 5.75 Å². The summed E-state index contributed by atoms with van der Waals surface area (Å²) >= 11 is 0. The van der Waals surface area contributed by atoms with Gasteiger partial charge >= 0.3 is 5.97 Å². The van der Waals surface area contributed by atoms with Gasteiger partial charge in [-0.1, -0.05) is 35.9 Å². The number of ether oxygens (including phenoxy) is 2. The highest BCUT2D eigenvalue weighted by molar-refractivity contribution is 5.88. The summed E-state index contributed by atoms with van der Waals surface area (Å²) < 4.78 is 10.6. The molecule has 0 saturated carbocycles.